The molecule has 1 aromatic heterocycles. The molecule has 62 valence electrons. The summed E-state index contributed by atoms with van der Waals surface area (Å²) in [5.74, 6) is 0.107. The lowest BCUT2D eigenvalue weighted by Gasteiger charge is -2.03. The van der Waals surface area contributed by atoms with Crippen molar-refractivity contribution in [2.75, 3.05) is 6.61 Å². The van der Waals surface area contributed by atoms with E-state index in [1.165, 1.54) is 0 Å². The minimum atomic E-state index is -0.108. The molecule has 3 nitrogen and oxygen atoms in total. The summed E-state index contributed by atoms with van der Waals surface area (Å²) in [6.45, 7) is 0.504. The van der Waals surface area contributed by atoms with Crippen LogP contribution in [0.1, 0.15) is 17.9 Å². The van der Waals surface area contributed by atoms with Crippen molar-refractivity contribution >= 4 is 5.97 Å². The fourth-order valence-electron chi connectivity index (χ4n) is 1.34. The molecular formula is C9H9NO2. The quantitative estimate of drug-likeness (QED) is 0.582. The van der Waals surface area contributed by atoms with E-state index in [0.717, 1.165) is 5.56 Å². The Labute approximate surface area is 70.4 Å². The predicted molar refractivity (Wildman–Crippen MR) is 42.6 cm³/mol. The minimum absolute atomic E-state index is 0.108. The second-order valence-corrected chi connectivity index (χ2v) is 2.87. The number of hydrogen-bond acceptors (Lipinski definition) is 3. The molecule has 12 heavy (non-hydrogen) atoms. The first-order valence-corrected chi connectivity index (χ1v) is 3.92. The Bertz CT molecular complexity index is 284. The molecular weight excluding hydrogens is 154 g/mol. The van der Waals surface area contributed by atoms with Gasteiger partial charge in [0.25, 0.3) is 0 Å². The lowest BCUT2D eigenvalue weighted by molar-refractivity contribution is -0.137. The first kappa shape index (κ1) is 7.28. The van der Waals surface area contributed by atoms with Crippen LogP contribution < -0.4 is 0 Å². The standard InChI is InChI=1S/C9H9NO2/c11-9-4-8(6-12-9)7-2-1-3-10-5-7/h1-3,5,8H,4,6H2. The van der Waals surface area contributed by atoms with Gasteiger partial charge >= 0.3 is 5.97 Å². The molecule has 0 saturated carbocycles. The summed E-state index contributed by atoms with van der Waals surface area (Å²) in [5, 5.41) is 0. The second-order valence-electron chi connectivity index (χ2n) is 2.87. The molecule has 0 aromatic carbocycles. The molecule has 2 rings (SSSR count). The summed E-state index contributed by atoms with van der Waals surface area (Å²) in [6, 6.07) is 3.84. The van der Waals surface area contributed by atoms with Crippen molar-refractivity contribution in [3.8, 4) is 0 Å². The summed E-state index contributed by atoms with van der Waals surface area (Å²) < 4.78 is 4.85. The van der Waals surface area contributed by atoms with E-state index in [-0.39, 0.29) is 11.9 Å². The van der Waals surface area contributed by atoms with Gasteiger partial charge in [0.2, 0.25) is 0 Å². The van der Waals surface area contributed by atoms with E-state index in [9.17, 15) is 4.79 Å². The van der Waals surface area contributed by atoms with Crippen LogP contribution >= 0.6 is 0 Å². The Morgan fingerprint density at radius 2 is 2.50 bits per heavy atom. The van der Waals surface area contributed by atoms with Gasteiger partial charge in [-0.05, 0) is 11.6 Å². The smallest absolute Gasteiger partial charge is 0.306 e. The van der Waals surface area contributed by atoms with Crippen LogP contribution in [0.15, 0.2) is 24.5 Å². The molecule has 0 bridgehead atoms. The molecule has 0 radical (unpaired) electrons. The highest BCUT2D eigenvalue weighted by Crippen LogP contribution is 2.24. The molecule has 0 amide bonds. The van der Waals surface area contributed by atoms with Crippen LogP contribution in [-0.2, 0) is 9.53 Å². The number of aromatic nitrogens is 1. The summed E-state index contributed by atoms with van der Waals surface area (Å²) in [5.41, 5.74) is 1.09. The largest absolute Gasteiger partial charge is 0.465 e. The van der Waals surface area contributed by atoms with Gasteiger partial charge in [0.05, 0.1) is 13.0 Å². The lowest BCUT2D eigenvalue weighted by Crippen LogP contribution is -1.97. The van der Waals surface area contributed by atoms with Gasteiger partial charge in [0.15, 0.2) is 0 Å². The maximum absolute atomic E-state index is 10.8. The SMILES string of the molecule is O=C1CC(c2cccnc2)CO1. The number of cyclic esters (lactones) is 1. The minimum Gasteiger partial charge on any atom is -0.465 e. The van der Waals surface area contributed by atoms with Gasteiger partial charge in [0, 0.05) is 18.3 Å². The van der Waals surface area contributed by atoms with Crippen molar-refractivity contribution in [1.29, 1.82) is 0 Å². The Balaban J connectivity index is 2.16. The van der Waals surface area contributed by atoms with Gasteiger partial charge in [-0.2, -0.15) is 0 Å². The predicted octanol–water partition coefficient (Wildman–Crippen LogP) is 1.11. The highest BCUT2D eigenvalue weighted by Gasteiger charge is 2.24. The van der Waals surface area contributed by atoms with E-state index in [4.69, 9.17) is 4.74 Å². The number of hydrogen-bond donors (Lipinski definition) is 0. The van der Waals surface area contributed by atoms with Gasteiger partial charge in [-0.15, -0.1) is 0 Å². The normalized spacial score (nSPS) is 22.3. The average molecular weight is 163 g/mol. The molecule has 0 N–H and O–H groups in total. The van der Waals surface area contributed by atoms with E-state index in [1.54, 1.807) is 12.4 Å². The molecule has 1 atom stereocenters. The van der Waals surface area contributed by atoms with E-state index in [0.29, 0.717) is 13.0 Å². The summed E-state index contributed by atoms with van der Waals surface area (Å²) >= 11 is 0. The van der Waals surface area contributed by atoms with Crippen LogP contribution in [0.2, 0.25) is 0 Å². The first-order chi connectivity index (χ1) is 5.86. The Morgan fingerprint density at radius 1 is 1.58 bits per heavy atom. The molecule has 1 fully saturated rings. The Morgan fingerprint density at radius 3 is 3.08 bits per heavy atom. The van der Waals surface area contributed by atoms with Crippen LogP contribution in [0.4, 0.5) is 0 Å². The second kappa shape index (κ2) is 2.93. The molecule has 1 aliphatic heterocycles. The molecule has 3 heteroatoms. The van der Waals surface area contributed by atoms with Crippen LogP contribution in [0.25, 0.3) is 0 Å². The molecule has 1 saturated heterocycles. The van der Waals surface area contributed by atoms with Crippen molar-refractivity contribution in [3.05, 3.63) is 30.1 Å². The molecule has 0 aliphatic carbocycles. The van der Waals surface area contributed by atoms with E-state index < -0.39 is 0 Å². The fourth-order valence-corrected chi connectivity index (χ4v) is 1.34. The summed E-state index contributed by atoms with van der Waals surface area (Å²) in [4.78, 5) is 14.8. The van der Waals surface area contributed by atoms with Crippen LogP contribution in [0, 0.1) is 0 Å². The molecule has 0 spiro atoms. The van der Waals surface area contributed by atoms with Crippen molar-refractivity contribution in [1.82, 2.24) is 4.98 Å². The zero-order chi connectivity index (χ0) is 8.39. The first-order valence-electron chi connectivity index (χ1n) is 3.92. The fraction of sp³-hybridized carbons (Fsp3) is 0.333. The zero-order valence-electron chi connectivity index (χ0n) is 6.56. The van der Waals surface area contributed by atoms with E-state index in [1.807, 2.05) is 12.1 Å². The molecule has 1 aliphatic rings. The van der Waals surface area contributed by atoms with Crippen LogP contribution in [0.3, 0.4) is 0 Å². The maximum Gasteiger partial charge on any atom is 0.306 e. The lowest BCUT2D eigenvalue weighted by atomic mass is 10.0. The molecule has 1 unspecified atom stereocenters. The number of rotatable bonds is 1. The highest BCUT2D eigenvalue weighted by molar-refractivity contribution is 5.72. The highest BCUT2D eigenvalue weighted by atomic mass is 16.5. The van der Waals surface area contributed by atoms with Gasteiger partial charge in [-0.3, -0.25) is 9.78 Å². The number of carbonyl (C=O) groups is 1. The monoisotopic (exact) mass is 163 g/mol. The number of esters is 1. The third-order valence-electron chi connectivity index (χ3n) is 2.01. The third kappa shape index (κ3) is 1.30. The Hall–Kier alpha value is -1.38. The van der Waals surface area contributed by atoms with Crippen LogP contribution in [-0.4, -0.2) is 17.6 Å². The van der Waals surface area contributed by atoms with Crippen molar-refractivity contribution in [2.24, 2.45) is 0 Å². The number of carbonyl (C=O) groups excluding carboxylic acids is 1. The van der Waals surface area contributed by atoms with Gasteiger partial charge < -0.3 is 4.74 Å². The summed E-state index contributed by atoms with van der Waals surface area (Å²) in [7, 11) is 0. The van der Waals surface area contributed by atoms with Gasteiger partial charge in [-0.25, -0.2) is 0 Å². The van der Waals surface area contributed by atoms with Crippen molar-refractivity contribution in [2.45, 2.75) is 12.3 Å². The molecule has 2 heterocycles. The van der Waals surface area contributed by atoms with Crippen molar-refractivity contribution < 1.29 is 9.53 Å². The number of nitrogens with zero attached hydrogens (tertiary/aromatic N) is 1. The number of ether oxygens (including phenoxy) is 1. The van der Waals surface area contributed by atoms with Gasteiger partial charge in [-0.1, -0.05) is 6.07 Å². The van der Waals surface area contributed by atoms with Crippen LogP contribution in [0.5, 0.6) is 0 Å². The third-order valence-corrected chi connectivity index (χ3v) is 2.01. The van der Waals surface area contributed by atoms with Gasteiger partial charge in [0.1, 0.15) is 0 Å². The number of pyridine rings is 1. The molecule has 1 aromatic rings. The Kier molecular flexibility index (Phi) is 1.78. The van der Waals surface area contributed by atoms with E-state index >= 15 is 0 Å². The zero-order valence-corrected chi connectivity index (χ0v) is 6.56. The summed E-state index contributed by atoms with van der Waals surface area (Å²) in [6.07, 6.45) is 4.00. The maximum atomic E-state index is 10.8. The average Bonchev–Trinajstić information content (AvgIpc) is 2.54. The topological polar surface area (TPSA) is 39.2 Å². The van der Waals surface area contributed by atoms with Crippen molar-refractivity contribution in [3.63, 3.8) is 0 Å². The van der Waals surface area contributed by atoms with E-state index in [2.05, 4.69) is 4.98 Å².